The molecule has 4 rings (SSSR count). The van der Waals surface area contributed by atoms with Crippen LogP contribution in [0.4, 0.5) is 10.1 Å². The van der Waals surface area contributed by atoms with Gasteiger partial charge in [-0.05, 0) is 54.4 Å². The van der Waals surface area contributed by atoms with Crippen LogP contribution >= 0.6 is 0 Å². The number of aryl methyl sites for hydroxylation is 1. The summed E-state index contributed by atoms with van der Waals surface area (Å²) in [6.07, 6.45) is 0.223. The second-order valence-corrected chi connectivity index (χ2v) is 11.5. The first-order valence-corrected chi connectivity index (χ1v) is 14.6. The largest absolute Gasteiger partial charge is 0.357 e. The van der Waals surface area contributed by atoms with E-state index in [-0.39, 0.29) is 29.5 Å². The lowest BCUT2D eigenvalue weighted by Gasteiger charge is -2.33. The Morgan fingerprint density at radius 3 is 1.93 bits per heavy atom. The van der Waals surface area contributed by atoms with Crippen molar-refractivity contribution >= 4 is 27.5 Å². The van der Waals surface area contributed by atoms with E-state index in [0.717, 1.165) is 33.1 Å². The van der Waals surface area contributed by atoms with Gasteiger partial charge in [0.15, 0.2) is 0 Å². The summed E-state index contributed by atoms with van der Waals surface area (Å²) in [6, 6.07) is 28.7. The normalized spacial score (nSPS) is 11.9. The second-order valence-electron chi connectivity index (χ2n) is 9.63. The molecule has 0 spiro atoms. The Balaban J connectivity index is 1.77. The van der Waals surface area contributed by atoms with Crippen molar-refractivity contribution in [1.29, 1.82) is 0 Å². The van der Waals surface area contributed by atoms with Gasteiger partial charge in [-0.1, -0.05) is 78.4 Å². The van der Waals surface area contributed by atoms with Gasteiger partial charge in [-0.2, -0.15) is 0 Å². The van der Waals surface area contributed by atoms with Crippen molar-refractivity contribution in [2.24, 2.45) is 0 Å². The van der Waals surface area contributed by atoms with Gasteiger partial charge in [0.05, 0.1) is 10.6 Å². The number of rotatable bonds is 11. The average molecular weight is 574 g/mol. The fraction of sp³-hybridized carbons (Fsp3) is 0.188. The quantitative estimate of drug-likeness (QED) is 0.282. The van der Waals surface area contributed by atoms with Gasteiger partial charge in [-0.3, -0.25) is 13.9 Å². The van der Waals surface area contributed by atoms with Crippen molar-refractivity contribution in [2.75, 3.05) is 17.9 Å². The lowest BCUT2D eigenvalue weighted by Crippen LogP contribution is -2.53. The van der Waals surface area contributed by atoms with E-state index in [2.05, 4.69) is 5.32 Å². The minimum absolute atomic E-state index is 0.0121. The predicted octanol–water partition coefficient (Wildman–Crippen LogP) is 4.72. The van der Waals surface area contributed by atoms with Crippen LogP contribution in [0, 0.1) is 12.7 Å². The number of amides is 2. The summed E-state index contributed by atoms with van der Waals surface area (Å²) in [5, 5.41) is 2.65. The summed E-state index contributed by atoms with van der Waals surface area (Å²) in [6.45, 7) is 1.31. The van der Waals surface area contributed by atoms with Gasteiger partial charge in [0.1, 0.15) is 18.4 Å². The molecule has 1 N–H and O–H groups in total. The Bertz CT molecular complexity index is 1560. The van der Waals surface area contributed by atoms with Crippen LogP contribution in [0.5, 0.6) is 0 Å². The minimum atomic E-state index is -4.23. The van der Waals surface area contributed by atoms with Crippen LogP contribution < -0.4 is 9.62 Å². The third-order valence-corrected chi connectivity index (χ3v) is 8.50. The van der Waals surface area contributed by atoms with Crippen LogP contribution in [-0.2, 0) is 32.6 Å². The Kier molecular flexibility index (Phi) is 9.52. The van der Waals surface area contributed by atoms with Gasteiger partial charge in [0.25, 0.3) is 10.0 Å². The number of hydrogen-bond acceptors (Lipinski definition) is 4. The van der Waals surface area contributed by atoms with Gasteiger partial charge in [-0.15, -0.1) is 0 Å². The van der Waals surface area contributed by atoms with E-state index in [0.29, 0.717) is 0 Å². The van der Waals surface area contributed by atoms with Crippen LogP contribution in [0.15, 0.2) is 114 Å². The molecule has 0 aliphatic heterocycles. The molecule has 0 saturated carbocycles. The van der Waals surface area contributed by atoms with Gasteiger partial charge in [-0.25, -0.2) is 12.8 Å². The maximum Gasteiger partial charge on any atom is 0.264 e. The molecule has 0 fully saturated rings. The number of nitrogens with one attached hydrogen (secondary N) is 1. The first kappa shape index (κ1) is 29.5. The lowest BCUT2D eigenvalue weighted by atomic mass is 10.0. The Hall–Kier alpha value is -4.50. The summed E-state index contributed by atoms with van der Waals surface area (Å²) >= 11 is 0. The molecular weight excluding hydrogens is 541 g/mol. The summed E-state index contributed by atoms with van der Waals surface area (Å²) in [5.74, 6) is -1.51. The van der Waals surface area contributed by atoms with Gasteiger partial charge < -0.3 is 10.2 Å². The maximum absolute atomic E-state index is 14.1. The van der Waals surface area contributed by atoms with Crippen LogP contribution in [-0.4, -0.2) is 44.8 Å². The predicted molar refractivity (Wildman–Crippen MR) is 157 cm³/mol. The standard InChI is InChI=1S/C32H32FN3O4S/c1-24-13-19-29(20-14-24)41(39,40)36(28-17-15-27(33)16-18-28)23-31(37)35(22-26-11-7-4-8-12-26)30(32(38)34-2)21-25-9-5-3-6-10-25/h3-20,30H,21-23H2,1-2H3,(H,34,38)/t30-/m0/s1. The van der Waals surface area contributed by atoms with E-state index < -0.39 is 34.3 Å². The number of halogens is 1. The number of likely N-dealkylation sites (N-methyl/N-ethyl adjacent to an activating group) is 1. The van der Waals surface area contributed by atoms with Crippen LogP contribution in [0.1, 0.15) is 16.7 Å². The Morgan fingerprint density at radius 2 is 1.37 bits per heavy atom. The van der Waals surface area contributed by atoms with Crippen molar-refractivity contribution in [2.45, 2.75) is 30.8 Å². The molecular formula is C32H32FN3O4S. The van der Waals surface area contributed by atoms with Crippen LogP contribution in [0.2, 0.25) is 0 Å². The number of hydrogen-bond donors (Lipinski definition) is 1. The zero-order valence-electron chi connectivity index (χ0n) is 22.9. The highest BCUT2D eigenvalue weighted by Crippen LogP contribution is 2.25. The average Bonchev–Trinajstić information content (AvgIpc) is 2.99. The van der Waals surface area contributed by atoms with E-state index in [4.69, 9.17) is 0 Å². The van der Waals surface area contributed by atoms with Crippen molar-refractivity contribution in [3.63, 3.8) is 0 Å². The van der Waals surface area contributed by atoms with E-state index in [1.165, 1.54) is 36.2 Å². The maximum atomic E-state index is 14.1. The first-order valence-electron chi connectivity index (χ1n) is 13.1. The van der Waals surface area contributed by atoms with Crippen LogP contribution in [0.3, 0.4) is 0 Å². The molecule has 212 valence electrons. The molecule has 4 aromatic carbocycles. The van der Waals surface area contributed by atoms with Crippen molar-refractivity contribution < 1.29 is 22.4 Å². The number of nitrogens with zero attached hydrogens (tertiary/aromatic N) is 2. The second kappa shape index (κ2) is 13.2. The number of carbonyl (C=O) groups is 2. The smallest absolute Gasteiger partial charge is 0.264 e. The van der Waals surface area contributed by atoms with E-state index in [1.807, 2.05) is 67.6 Å². The third-order valence-electron chi connectivity index (χ3n) is 6.72. The molecule has 1 atom stereocenters. The van der Waals surface area contributed by atoms with E-state index in [1.54, 1.807) is 12.1 Å². The monoisotopic (exact) mass is 573 g/mol. The van der Waals surface area contributed by atoms with E-state index >= 15 is 0 Å². The molecule has 2 amide bonds. The molecule has 0 unspecified atom stereocenters. The van der Waals surface area contributed by atoms with Crippen LogP contribution in [0.25, 0.3) is 0 Å². The van der Waals surface area contributed by atoms with Gasteiger partial charge in [0, 0.05) is 20.0 Å². The summed E-state index contributed by atoms with van der Waals surface area (Å²) in [5.41, 5.74) is 2.61. The fourth-order valence-corrected chi connectivity index (χ4v) is 5.89. The number of benzene rings is 4. The molecule has 0 heterocycles. The first-order chi connectivity index (χ1) is 19.7. The summed E-state index contributed by atoms with van der Waals surface area (Å²) in [4.78, 5) is 28.8. The zero-order valence-corrected chi connectivity index (χ0v) is 23.7. The highest BCUT2D eigenvalue weighted by atomic mass is 32.2. The molecule has 9 heteroatoms. The van der Waals surface area contributed by atoms with Gasteiger partial charge in [0.2, 0.25) is 11.8 Å². The molecule has 4 aromatic rings. The molecule has 0 aliphatic rings. The third kappa shape index (κ3) is 7.37. The molecule has 0 saturated heterocycles. The minimum Gasteiger partial charge on any atom is -0.357 e. The highest BCUT2D eigenvalue weighted by Gasteiger charge is 2.34. The molecule has 0 aliphatic carbocycles. The van der Waals surface area contributed by atoms with Gasteiger partial charge >= 0.3 is 0 Å². The molecule has 0 bridgehead atoms. The number of anilines is 1. The molecule has 0 aromatic heterocycles. The Labute approximate surface area is 240 Å². The Morgan fingerprint density at radius 1 is 0.805 bits per heavy atom. The highest BCUT2D eigenvalue weighted by molar-refractivity contribution is 7.92. The summed E-state index contributed by atoms with van der Waals surface area (Å²) < 4.78 is 42.5. The molecule has 41 heavy (non-hydrogen) atoms. The van der Waals surface area contributed by atoms with Crippen molar-refractivity contribution in [3.8, 4) is 0 Å². The zero-order chi connectivity index (χ0) is 29.4. The van der Waals surface area contributed by atoms with E-state index in [9.17, 15) is 22.4 Å². The molecule has 7 nitrogen and oxygen atoms in total. The topological polar surface area (TPSA) is 86.8 Å². The number of sulfonamides is 1. The fourth-order valence-electron chi connectivity index (χ4n) is 4.47. The summed E-state index contributed by atoms with van der Waals surface area (Å²) in [7, 11) is -2.73. The lowest BCUT2D eigenvalue weighted by molar-refractivity contribution is -0.139. The number of carbonyl (C=O) groups excluding carboxylic acids is 2. The van der Waals surface area contributed by atoms with Crippen molar-refractivity contribution in [3.05, 3.63) is 132 Å². The molecule has 0 radical (unpaired) electrons. The van der Waals surface area contributed by atoms with Crippen molar-refractivity contribution in [1.82, 2.24) is 10.2 Å². The SMILES string of the molecule is CNC(=O)[C@H](Cc1ccccc1)N(Cc1ccccc1)C(=O)CN(c1ccc(F)cc1)S(=O)(=O)c1ccc(C)cc1.